The molecular weight excluding hydrogens is 331 g/mol. The first kappa shape index (κ1) is 15.5. The lowest BCUT2D eigenvalue weighted by molar-refractivity contribution is -0.143. The largest absolute Gasteiger partial charge is 0.462 e. The smallest absolute Gasteiger partial charge is 0.434 e. The first-order valence-electron chi connectivity index (χ1n) is 6.57. The van der Waals surface area contributed by atoms with Crippen LogP contribution in [0.2, 0.25) is 0 Å². The van der Waals surface area contributed by atoms with Gasteiger partial charge in [0.05, 0.1) is 29.4 Å². The molecule has 0 unspecified atom stereocenters. The third-order valence-corrected chi connectivity index (χ3v) is 3.97. The molecule has 0 saturated heterocycles. The van der Waals surface area contributed by atoms with Crippen LogP contribution in [-0.2, 0) is 10.9 Å². The van der Waals surface area contributed by atoms with E-state index in [1.54, 1.807) is 17.6 Å². The lowest BCUT2D eigenvalue weighted by atomic mass is 10.2. The number of esters is 1. The van der Waals surface area contributed by atoms with E-state index in [2.05, 4.69) is 14.8 Å². The van der Waals surface area contributed by atoms with Crippen molar-refractivity contribution in [2.24, 2.45) is 0 Å². The van der Waals surface area contributed by atoms with Crippen molar-refractivity contribution in [3.05, 3.63) is 41.3 Å². The Balaban J connectivity index is 2.24. The van der Waals surface area contributed by atoms with E-state index < -0.39 is 23.4 Å². The Morgan fingerprint density at radius 2 is 2.13 bits per heavy atom. The Morgan fingerprint density at radius 1 is 1.35 bits per heavy atom. The number of pyridine rings is 1. The van der Waals surface area contributed by atoms with E-state index in [4.69, 9.17) is 0 Å². The molecule has 23 heavy (non-hydrogen) atoms. The van der Waals surface area contributed by atoms with Gasteiger partial charge < -0.3 is 4.74 Å². The van der Waals surface area contributed by atoms with Gasteiger partial charge in [-0.1, -0.05) is 0 Å². The van der Waals surface area contributed by atoms with Crippen LogP contribution in [-0.4, -0.2) is 27.3 Å². The van der Waals surface area contributed by atoms with E-state index in [1.807, 2.05) is 0 Å². The summed E-state index contributed by atoms with van der Waals surface area (Å²) in [5.74, 6) is -1.06. The summed E-state index contributed by atoms with van der Waals surface area (Å²) in [5.41, 5.74) is -1.63. The average molecular weight is 341 g/mol. The van der Waals surface area contributed by atoms with Gasteiger partial charge in [0.15, 0.2) is 5.69 Å². The molecule has 0 bridgehead atoms. The van der Waals surface area contributed by atoms with Crippen molar-refractivity contribution in [2.75, 3.05) is 6.61 Å². The summed E-state index contributed by atoms with van der Waals surface area (Å²) in [6, 6.07) is 1.68. The third-order valence-electron chi connectivity index (χ3n) is 3.12. The van der Waals surface area contributed by atoms with Gasteiger partial charge in [0.25, 0.3) is 0 Å². The molecule has 0 aliphatic rings. The number of carbonyl (C=O) groups is 1. The fourth-order valence-electron chi connectivity index (χ4n) is 2.21. The van der Waals surface area contributed by atoms with Gasteiger partial charge in [-0.05, 0) is 18.4 Å². The standard InChI is InChI=1S/C14H10F3N3O2S/c1-2-22-13(21)9-5-19-20(12(9)14(15,16)17)10-6-18-7-11-8(10)3-4-23-11/h3-7H,2H2,1H3. The van der Waals surface area contributed by atoms with Gasteiger partial charge in [-0.15, -0.1) is 11.3 Å². The van der Waals surface area contributed by atoms with Gasteiger partial charge in [-0.3, -0.25) is 4.98 Å². The molecule has 0 radical (unpaired) electrons. The van der Waals surface area contributed by atoms with E-state index >= 15 is 0 Å². The number of fused-ring (bicyclic) bond motifs is 1. The Labute approximate surface area is 132 Å². The van der Waals surface area contributed by atoms with Gasteiger partial charge in [-0.25, -0.2) is 9.48 Å². The second kappa shape index (κ2) is 5.65. The Kier molecular flexibility index (Phi) is 3.80. The van der Waals surface area contributed by atoms with Gasteiger partial charge in [-0.2, -0.15) is 18.3 Å². The van der Waals surface area contributed by atoms with E-state index in [9.17, 15) is 18.0 Å². The van der Waals surface area contributed by atoms with Crippen molar-refractivity contribution in [1.82, 2.24) is 14.8 Å². The fourth-order valence-corrected chi connectivity index (χ4v) is 2.98. The highest BCUT2D eigenvalue weighted by atomic mass is 32.1. The topological polar surface area (TPSA) is 57.0 Å². The SMILES string of the molecule is CCOC(=O)c1cnn(-c2cncc3sccc23)c1C(F)(F)F. The average Bonchev–Trinajstić information content (AvgIpc) is 3.13. The van der Waals surface area contributed by atoms with Crippen molar-refractivity contribution in [1.29, 1.82) is 0 Å². The highest BCUT2D eigenvalue weighted by molar-refractivity contribution is 7.17. The first-order chi connectivity index (χ1) is 10.9. The number of rotatable bonds is 3. The van der Waals surface area contributed by atoms with E-state index in [0.717, 1.165) is 10.9 Å². The summed E-state index contributed by atoms with van der Waals surface area (Å²) in [5, 5.41) is 6.07. The molecule has 3 rings (SSSR count). The van der Waals surface area contributed by atoms with Crippen molar-refractivity contribution in [3.63, 3.8) is 0 Å². The number of carbonyl (C=O) groups excluding carboxylic acids is 1. The molecule has 120 valence electrons. The predicted molar refractivity (Wildman–Crippen MR) is 77.7 cm³/mol. The van der Waals surface area contributed by atoms with Crippen molar-refractivity contribution in [3.8, 4) is 5.69 Å². The molecule has 0 amide bonds. The molecule has 9 heteroatoms. The fraction of sp³-hybridized carbons (Fsp3) is 0.214. The number of hydrogen-bond acceptors (Lipinski definition) is 5. The van der Waals surface area contributed by atoms with Crippen LogP contribution < -0.4 is 0 Å². The minimum Gasteiger partial charge on any atom is -0.462 e. The number of thiophene rings is 1. The Hall–Kier alpha value is -2.42. The van der Waals surface area contributed by atoms with Gasteiger partial charge in [0, 0.05) is 11.6 Å². The minimum absolute atomic E-state index is 0.0248. The highest BCUT2D eigenvalue weighted by Crippen LogP contribution is 2.35. The maximum atomic E-state index is 13.5. The Bertz CT molecular complexity index is 870. The molecule has 0 aromatic carbocycles. The maximum Gasteiger partial charge on any atom is 0.434 e. The normalized spacial score (nSPS) is 11.8. The number of hydrogen-bond donors (Lipinski definition) is 0. The molecule has 0 atom stereocenters. The second-order valence-corrected chi connectivity index (χ2v) is 5.48. The van der Waals surface area contributed by atoms with Crippen molar-refractivity contribution < 1.29 is 22.7 Å². The van der Waals surface area contributed by atoms with Crippen LogP contribution in [0.1, 0.15) is 23.0 Å². The molecule has 0 saturated carbocycles. The van der Waals surface area contributed by atoms with Gasteiger partial charge >= 0.3 is 12.1 Å². The van der Waals surface area contributed by atoms with Gasteiger partial charge in [0.1, 0.15) is 5.56 Å². The number of nitrogens with zero attached hydrogens (tertiary/aromatic N) is 3. The van der Waals surface area contributed by atoms with Crippen LogP contribution in [0.3, 0.4) is 0 Å². The van der Waals surface area contributed by atoms with Crippen molar-refractivity contribution >= 4 is 27.4 Å². The summed E-state index contributed by atoms with van der Waals surface area (Å²) in [4.78, 5) is 15.7. The minimum atomic E-state index is -4.77. The summed E-state index contributed by atoms with van der Waals surface area (Å²) in [6.07, 6.45) is -1.05. The molecule has 3 aromatic rings. The molecule has 0 aliphatic carbocycles. The zero-order chi connectivity index (χ0) is 16.6. The number of halogens is 3. The number of aromatic nitrogens is 3. The molecule has 5 nitrogen and oxygen atoms in total. The second-order valence-electron chi connectivity index (χ2n) is 4.53. The monoisotopic (exact) mass is 341 g/mol. The quantitative estimate of drug-likeness (QED) is 0.682. The zero-order valence-electron chi connectivity index (χ0n) is 11.8. The highest BCUT2D eigenvalue weighted by Gasteiger charge is 2.41. The van der Waals surface area contributed by atoms with Crippen LogP contribution in [0.5, 0.6) is 0 Å². The molecule has 0 spiro atoms. The lowest BCUT2D eigenvalue weighted by Gasteiger charge is -2.12. The van der Waals surface area contributed by atoms with Crippen LogP contribution in [0, 0.1) is 0 Å². The zero-order valence-corrected chi connectivity index (χ0v) is 12.6. The van der Waals surface area contributed by atoms with E-state index in [0.29, 0.717) is 10.1 Å². The summed E-state index contributed by atoms with van der Waals surface area (Å²) in [6.45, 7) is 1.49. The summed E-state index contributed by atoms with van der Waals surface area (Å²) >= 11 is 1.35. The van der Waals surface area contributed by atoms with Crippen LogP contribution in [0.4, 0.5) is 13.2 Å². The van der Waals surface area contributed by atoms with Gasteiger partial charge in [0.2, 0.25) is 0 Å². The third kappa shape index (κ3) is 2.67. The lowest BCUT2D eigenvalue weighted by Crippen LogP contribution is -2.18. The molecule has 3 heterocycles. The van der Waals surface area contributed by atoms with E-state index in [-0.39, 0.29) is 12.3 Å². The first-order valence-corrected chi connectivity index (χ1v) is 7.45. The summed E-state index contributed by atoms with van der Waals surface area (Å²) < 4.78 is 46.5. The Morgan fingerprint density at radius 3 is 2.83 bits per heavy atom. The van der Waals surface area contributed by atoms with Crippen LogP contribution >= 0.6 is 11.3 Å². The van der Waals surface area contributed by atoms with Crippen LogP contribution in [0.15, 0.2) is 30.0 Å². The molecular formula is C14H10F3N3O2S. The predicted octanol–water partition coefficient (Wildman–Crippen LogP) is 3.68. The molecule has 0 fully saturated rings. The molecule has 0 aliphatic heterocycles. The van der Waals surface area contributed by atoms with E-state index in [1.165, 1.54) is 24.5 Å². The number of ether oxygens (including phenoxy) is 1. The van der Waals surface area contributed by atoms with Crippen LogP contribution in [0.25, 0.3) is 15.8 Å². The molecule has 3 aromatic heterocycles. The van der Waals surface area contributed by atoms with Crippen molar-refractivity contribution in [2.45, 2.75) is 13.1 Å². The molecule has 0 N–H and O–H groups in total. The number of alkyl halides is 3. The maximum absolute atomic E-state index is 13.5. The summed E-state index contributed by atoms with van der Waals surface area (Å²) in [7, 11) is 0.